The lowest BCUT2D eigenvalue weighted by molar-refractivity contribution is 0.801. The highest BCUT2D eigenvalue weighted by molar-refractivity contribution is 7.09. The number of rotatable bonds is 6. The molecule has 1 heterocycles. The number of hydrogen-bond donors (Lipinski definition) is 2. The van der Waals surface area contributed by atoms with Crippen LogP contribution < -0.4 is 10.6 Å². The first-order valence-corrected chi connectivity index (χ1v) is 8.33. The Morgan fingerprint density at radius 1 is 1.19 bits per heavy atom. The topological polar surface area (TPSA) is 36.4 Å². The first-order valence-electron chi connectivity index (χ1n) is 7.07. The number of thiophene rings is 1. The van der Waals surface area contributed by atoms with Crippen molar-refractivity contribution >= 4 is 28.9 Å². The van der Waals surface area contributed by atoms with Gasteiger partial charge in [-0.15, -0.1) is 11.3 Å². The van der Waals surface area contributed by atoms with Crippen LogP contribution >= 0.6 is 22.9 Å². The molecule has 3 nitrogen and oxygen atoms in total. The van der Waals surface area contributed by atoms with E-state index < -0.39 is 0 Å². The Balaban J connectivity index is 1.85. The predicted molar refractivity (Wildman–Crippen MR) is 92.3 cm³/mol. The number of guanidine groups is 1. The molecule has 0 saturated heterocycles. The Morgan fingerprint density at radius 2 is 2.05 bits per heavy atom. The van der Waals surface area contributed by atoms with Crippen molar-refractivity contribution < 1.29 is 0 Å². The molecular weight excluding hydrogens is 302 g/mol. The Bertz CT molecular complexity index is 567. The molecule has 2 aromatic rings. The first-order chi connectivity index (χ1) is 10.3. The number of nitrogens with one attached hydrogen (secondary N) is 2. The van der Waals surface area contributed by atoms with Crippen LogP contribution in [0.25, 0.3) is 0 Å². The molecule has 0 aliphatic rings. The van der Waals surface area contributed by atoms with E-state index in [4.69, 9.17) is 11.6 Å². The van der Waals surface area contributed by atoms with Gasteiger partial charge >= 0.3 is 0 Å². The molecule has 5 heteroatoms. The molecule has 0 bridgehead atoms. The standard InChI is InChI=1S/C16H20ClN3S/c1-2-18-16(20-12-14-7-5-11-21-14)19-10-9-13-6-3-4-8-15(13)17/h3-8,11H,2,9-10,12H2,1H3,(H2,18,19,20). The van der Waals surface area contributed by atoms with E-state index in [2.05, 4.69) is 40.1 Å². The van der Waals surface area contributed by atoms with Crippen molar-refractivity contribution in [2.75, 3.05) is 13.1 Å². The third kappa shape index (κ3) is 5.40. The smallest absolute Gasteiger partial charge is 0.191 e. The quantitative estimate of drug-likeness (QED) is 0.628. The van der Waals surface area contributed by atoms with Gasteiger partial charge in [0.2, 0.25) is 0 Å². The van der Waals surface area contributed by atoms with Crippen LogP contribution in [0.2, 0.25) is 5.02 Å². The van der Waals surface area contributed by atoms with Crippen molar-refractivity contribution in [3.63, 3.8) is 0 Å². The second-order valence-corrected chi connectivity index (χ2v) is 5.98. The summed E-state index contributed by atoms with van der Waals surface area (Å²) in [5.41, 5.74) is 1.15. The number of nitrogens with zero attached hydrogens (tertiary/aromatic N) is 1. The van der Waals surface area contributed by atoms with E-state index in [1.165, 1.54) is 4.88 Å². The van der Waals surface area contributed by atoms with Gasteiger partial charge in [-0.25, -0.2) is 4.99 Å². The Kier molecular flexibility index (Phi) is 6.57. The monoisotopic (exact) mass is 321 g/mol. The molecule has 112 valence electrons. The van der Waals surface area contributed by atoms with E-state index in [0.29, 0.717) is 6.54 Å². The minimum absolute atomic E-state index is 0.707. The maximum Gasteiger partial charge on any atom is 0.191 e. The summed E-state index contributed by atoms with van der Waals surface area (Å²) < 4.78 is 0. The van der Waals surface area contributed by atoms with Gasteiger partial charge < -0.3 is 10.6 Å². The van der Waals surface area contributed by atoms with Gasteiger partial charge in [0.05, 0.1) is 6.54 Å². The molecule has 1 aromatic carbocycles. The summed E-state index contributed by atoms with van der Waals surface area (Å²) in [5.74, 6) is 0.845. The van der Waals surface area contributed by atoms with Crippen LogP contribution in [0.1, 0.15) is 17.4 Å². The van der Waals surface area contributed by atoms with Gasteiger partial charge in [-0.3, -0.25) is 0 Å². The number of halogens is 1. The van der Waals surface area contributed by atoms with Crippen molar-refractivity contribution in [3.8, 4) is 0 Å². The van der Waals surface area contributed by atoms with Crippen molar-refractivity contribution in [3.05, 3.63) is 57.2 Å². The molecule has 2 rings (SSSR count). The van der Waals surface area contributed by atoms with Crippen molar-refractivity contribution in [1.82, 2.24) is 10.6 Å². The molecule has 0 aliphatic carbocycles. The average Bonchev–Trinajstić information content (AvgIpc) is 3.00. The highest BCUT2D eigenvalue weighted by atomic mass is 35.5. The summed E-state index contributed by atoms with van der Waals surface area (Å²) in [6.45, 7) is 4.43. The number of aliphatic imine (C=N–C) groups is 1. The van der Waals surface area contributed by atoms with Crippen LogP contribution in [0.4, 0.5) is 0 Å². The van der Waals surface area contributed by atoms with E-state index in [-0.39, 0.29) is 0 Å². The maximum atomic E-state index is 6.16. The van der Waals surface area contributed by atoms with Crippen molar-refractivity contribution in [1.29, 1.82) is 0 Å². The van der Waals surface area contributed by atoms with Crippen molar-refractivity contribution in [2.24, 2.45) is 4.99 Å². The lowest BCUT2D eigenvalue weighted by Gasteiger charge is -2.11. The SMILES string of the molecule is CCNC(=NCc1cccs1)NCCc1ccccc1Cl. The maximum absolute atomic E-state index is 6.16. The molecule has 1 aromatic heterocycles. The second-order valence-electron chi connectivity index (χ2n) is 4.54. The summed E-state index contributed by atoms with van der Waals surface area (Å²) in [6.07, 6.45) is 0.878. The summed E-state index contributed by atoms with van der Waals surface area (Å²) in [4.78, 5) is 5.84. The Morgan fingerprint density at radius 3 is 2.76 bits per heavy atom. The third-order valence-electron chi connectivity index (χ3n) is 2.96. The zero-order valence-corrected chi connectivity index (χ0v) is 13.7. The van der Waals surface area contributed by atoms with Crippen molar-refractivity contribution in [2.45, 2.75) is 19.9 Å². The van der Waals surface area contributed by atoms with Crippen LogP contribution in [0.15, 0.2) is 46.8 Å². The second kappa shape index (κ2) is 8.70. The molecule has 0 aliphatic heterocycles. The van der Waals surface area contributed by atoms with Crippen LogP contribution in [-0.2, 0) is 13.0 Å². The fraction of sp³-hybridized carbons (Fsp3) is 0.312. The minimum Gasteiger partial charge on any atom is -0.357 e. The van der Waals surface area contributed by atoms with Gasteiger partial charge in [0, 0.05) is 23.0 Å². The Hall–Kier alpha value is -1.52. The molecule has 0 fully saturated rings. The summed E-state index contributed by atoms with van der Waals surface area (Å²) in [7, 11) is 0. The van der Waals surface area contributed by atoms with Crippen LogP contribution in [-0.4, -0.2) is 19.0 Å². The zero-order chi connectivity index (χ0) is 14.9. The highest BCUT2D eigenvalue weighted by Gasteiger charge is 2.01. The molecule has 2 N–H and O–H groups in total. The first kappa shape index (κ1) is 15.9. The van der Waals surface area contributed by atoms with Crippen LogP contribution in [0.5, 0.6) is 0 Å². The Labute approximate surface area is 135 Å². The van der Waals surface area contributed by atoms with Gasteiger partial charge in [0.25, 0.3) is 0 Å². The third-order valence-corrected chi connectivity index (χ3v) is 4.19. The van der Waals surface area contributed by atoms with E-state index in [9.17, 15) is 0 Å². The lowest BCUT2D eigenvalue weighted by atomic mass is 10.1. The molecule has 0 saturated carbocycles. The molecular formula is C16H20ClN3S. The summed E-state index contributed by atoms with van der Waals surface area (Å²) in [5, 5.41) is 9.49. The molecule has 0 radical (unpaired) electrons. The lowest BCUT2D eigenvalue weighted by Crippen LogP contribution is -2.38. The molecule has 0 amide bonds. The fourth-order valence-electron chi connectivity index (χ4n) is 1.92. The summed E-state index contributed by atoms with van der Waals surface area (Å²) in [6, 6.07) is 12.1. The number of hydrogen-bond acceptors (Lipinski definition) is 2. The number of benzene rings is 1. The molecule has 0 atom stereocenters. The fourth-order valence-corrected chi connectivity index (χ4v) is 2.78. The predicted octanol–water partition coefficient (Wildman–Crippen LogP) is 3.70. The summed E-state index contributed by atoms with van der Waals surface area (Å²) >= 11 is 7.88. The molecule has 0 spiro atoms. The highest BCUT2D eigenvalue weighted by Crippen LogP contribution is 2.14. The average molecular weight is 322 g/mol. The van der Waals surface area contributed by atoms with Gasteiger partial charge in [-0.2, -0.15) is 0 Å². The molecule has 0 unspecified atom stereocenters. The van der Waals surface area contributed by atoms with E-state index in [1.807, 2.05) is 24.3 Å². The van der Waals surface area contributed by atoms with Crippen LogP contribution in [0.3, 0.4) is 0 Å². The van der Waals surface area contributed by atoms with Gasteiger partial charge in [0.15, 0.2) is 5.96 Å². The van der Waals surface area contributed by atoms with E-state index in [0.717, 1.165) is 36.1 Å². The minimum atomic E-state index is 0.707. The largest absolute Gasteiger partial charge is 0.357 e. The zero-order valence-electron chi connectivity index (χ0n) is 12.1. The van der Waals surface area contributed by atoms with Gasteiger partial charge in [-0.1, -0.05) is 35.9 Å². The van der Waals surface area contributed by atoms with Gasteiger partial charge in [-0.05, 0) is 36.4 Å². The van der Waals surface area contributed by atoms with Gasteiger partial charge in [0.1, 0.15) is 0 Å². The van der Waals surface area contributed by atoms with E-state index in [1.54, 1.807) is 11.3 Å². The van der Waals surface area contributed by atoms with E-state index >= 15 is 0 Å². The van der Waals surface area contributed by atoms with Crippen LogP contribution in [0, 0.1) is 0 Å². The normalized spacial score (nSPS) is 11.4. The molecule has 21 heavy (non-hydrogen) atoms.